The second-order valence-electron chi connectivity index (χ2n) is 3.41. The number of rotatable bonds is 2. The molecular weight excluding hydrogens is 246 g/mol. The van der Waals surface area contributed by atoms with E-state index in [1.54, 1.807) is 0 Å². The van der Waals surface area contributed by atoms with E-state index in [1.807, 2.05) is 0 Å². The van der Waals surface area contributed by atoms with Crippen molar-refractivity contribution in [3.8, 4) is 0 Å². The van der Waals surface area contributed by atoms with Gasteiger partial charge >= 0.3 is 0 Å². The second kappa shape index (κ2) is 4.35. The smallest absolute Gasteiger partial charge is 0.270 e. The number of nitrogens with one attached hydrogen (secondary N) is 1. The summed E-state index contributed by atoms with van der Waals surface area (Å²) in [6, 6.07) is 1.65. The van der Waals surface area contributed by atoms with Crippen LogP contribution in [0.3, 0.4) is 0 Å². The molecule has 2 rings (SSSR count). The minimum Gasteiger partial charge on any atom is -0.394 e. The van der Waals surface area contributed by atoms with Gasteiger partial charge in [0.05, 0.1) is 7.05 Å². The molecule has 7 nitrogen and oxygen atoms in total. The highest BCUT2D eigenvalue weighted by molar-refractivity contribution is 6.03. The predicted molar refractivity (Wildman–Crippen MR) is 57.5 cm³/mol. The van der Waals surface area contributed by atoms with Crippen molar-refractivity contribution in [3.63, 3.8) is 0 Å². The van der Waals surface area contributed by atoms with Gasteiger partial charge in [0.1, 0.15) is 17.3 Å². The molecule has 3 N–H and O–H groups in total. The van der Waals surface area contributed by atoms with Gasteiger partial charge in [-0.2, -0.15) is 4.80 Å². The summed E-state index contributed by atoms with van der Waals surface area (Å²) < 4.78 is 26.3. The number of nitrogen functional groups attached to an aromatic ring is 1. The van der Waals surface area contributed by atoms with Crippen LogP contribution in [0.4, 0.5) is 20.4 Å². The number of hydrogen-bond acceptors (Lipinski definition) is 5. The first-order valence-corrected chi connectivity index (χ1v) is 4.77. The molecule has 0 aliphatic carbocycles. The quantitative estimate of drug-likeness (QED) is 0.752. The van der Waals surface area contributed by atoms with Gasteiger partial charge in [-0.25, -0.2) is 8.78 Å². The topological polar surface area (TPSA) is 98.7 Å². The fourth-order valence-electron chi connectivity index (χ4n) is 1.22. The van der Waals surface area contributed by atoms with Crippen LogP contribution in [-0.2, 0) is 7.05 Å². The van der Waals surface area contributed by atoms with Crippen LogP contribution in [0.15, 0.2) is 12.1 Å². The molecule has 2 aromatic rings. The van der Waals surface area contributed by atoms with Crippen LogP contribution in [0.5, 0.6) is 0 Å². The third kappa shape index (κ3) is 2.24. The highest BCUT2D eigenvalue weighted by Crippen LogP contribution is 2.17. The molecule has 0 unspecified atom stereocenters. The first-order valence-electron chi connectivity index (χ1n) is 4.77. The molecule has 0 saturated carbocycles. The fourth-order valence-corrected chi connectivity index (χ4v) is 1.22. The van der Waals surface area contributed by atoms with Crippen LogP contribution in [0.2, 0.25) is 0 Å². The van der Waals surface area contributed by atoms with E-state index < -0.39 is 23.2 Å². The van der Waals surface area contributed by atoms with Crippen molar-refractivity contribution in [2.75, 3.05) is 11.1 Å². The number of amides is 1. The lowest BCUT2D eigenvalue weighted by molar-refractivity contribution is 0.102. The number of tetrazole rings is 1. The van der Waals surface area contributed by atoms with Crippen molar-refractivity contribution < 1.29 is 13.6 Å². The molecule has 0 radical (unpaired) electrons. The summed E-state index contributed by atoms with van der Waals surface area (Å²) >= 11 is 0. The minimum absolute atomic E-state index is 0.0693. The fraction of sp³-hybridized carbons (Fsp3) is 0.111. The van der Waals surface area contributed by atoms with E-state index in [9.17, 15) is 13.6 Å². The summed E-state index contributed by atoms with van der Waals surface area (Å²) in [5.41, 5.74) is 4.22. The zero-order valence-corrected chi connectivity index (χ0v) is 9.19. The molecule has 94 valence electrons. The van der Waals surface area contributed by atoms with Crippen LogP contribution >= 0.6 is 0 Å². The van der Waals surface area contributed by atoms with E-state index in [4.69, 9.17) is 5.73 Å². The Hall–Kier alpha value is -2.58. The lowest BCUT2D eigenvalue weighted by atomic mass is 10.2. The van der Waals surface area contributed by atoms with E-state index >= 15 is 0 Å². The molecule has 0 atom stereocenters. The number of halogens is 2. The van der Waals surface area contributed by atoms with Crippen molar-refractivity contribution >= 4 is 17.5 Å². The summed E-state index contributed by atoms with van der Waals surface area (Å²) in [5, 5.41) is 12.9. The molecule has 0 aliphatic rings. The maximum Gasteiger partial charge on any atom is 0.270 e. The van der Waals surface area contributed by atoms with Gasteiger partial charge < -0.3 is 5.73 Å². The van der Waals surface area contributed by atoms with Crippen LogP contribution < -0.4 is 11.1 Å². The Morgan fingerprint density at radius 2 is 2.00 bits per heavy atom. The number of anilines is 2. The minimum atomic E-state index is -1.01. The van der Waals surface area contributed by atoms with E-state index in [2.05, 4.69) is 20.7 Å². The molecule has 1 amide bonds. The average Bonchev–Trinajstić information content (AvgIpc) is 2.71. The summed E-state index contributed by atoms with van der Waals surface area (Å²) in [6.07, 6.45) is 0. The predicted octanol–water partition coefficient (Wildman–Crippen LogP) is 0.323. The van der Waals surface area contributed by atoms with Crippen molar-refractivity contribution in [1.29, 1.82) is 0 Å². The summed E-state index contributed by atoms with van der Waals surface area (Å²) in [7, 11) is 1.51. The number of nitrogens with two attached hydrogens (primary N) is 1. The lowest BCUT2D eigenvalue weighted by Crippen LogP contribution is -2.14. The van der Waals surface area contributed by atoms with E-state index in [-0.39, 0.29) is 11.5 Å². The van der Waals surface area contributed by atoms with Crippen LogP contribution in [0, 0.1) is 11.6 Å². The van der Waals surface area contributed by atoms with Gasteiger partial charge in [0.2, 0.25) is 0 Å². The zero-order chi connectivity index (χ0) is 13.3. The largest absolute Gasteiger partial charge is 0.394 e. The van der Waals surface area contributed by atoms with Crippen molar-refractivity contribution in [1.82, 2.24) is 20.2 Å². The Morgan fingerprint density at radius 3 is 2.50 bits per heavy atom. The monoisotopic (exact) mass is 254 g/mol. The van der Waals surface area contributed by atoms with Crippen molar-refractivity contribution in [2.45, 2.75) is 0 Å². The Balaban J connectivity index is 2.24. The number of carbonyl (C=O) groups is 1. The number of aryl methyl sites for hydroxylation is 1. The third-order valence-corrected chi connectivity index (χ3v) is 2.07. The maximum absolute atomic E-state index is 13.2. The molecule has 9 heteroatoms. The third-order valence-electron chi connectivity index (χ3n) is 2.07. The van der Waals surface area contributed by atoms with E-state index in [0.717, 1.165) is 16.9 Å². The number of benzene rings is 1. The van der Waals surface area contributed by atoms with Gasteiger partial charge in [0, 0.05) is 5.56 Å². The Labute approximate surface area is 99.6 Å². The Kier molecular flexibility index (Phi) is 2.88. The number of aromatic nitrogens is 4. The van der Waals surface area contributed by atoms with Gasteiger partial charge in [-0.1, -0.05) is 5.10 Å². The van der Waals surface area contributed by atoms with Gasteiger partial charge in [0.15, 0.2) is 0 Å². The number of hydrogen-bond donors (Lipinski definition) is 2. The van der Waals surface area contributed by atoms with E-state index in [0.29, 0.717) is 0 Å². The first kappa shape index (κ1) is 11.9. The molecule has 0 spiro atoms. The van der Waals surface area contributed by atoms with Crippen LogP contribution in [0.1, 0.15) is 10.4 Å². The molecule has 0 aliphatic heterocycles. The highest BCUT2D eigenvalue weighted by Gasteiger charge is 2.14. The van der Waals surface area contributed by atoms with Crippen LogP contribution in [-0.4, -0.2) is 26.1 Å². The highest BCUT2D eigenvalue weighted by atomic mass is 19.1. The normalized spacial score (nSPS) is 10.4. The molecular formula is C9H8F2N6O. The number of carbonyl (C=O) groups excluding carboxylic acids is 1. The molecule has 1 aromatic carbocycles. The summed E-state index contributed by atoms with van der Waals surface area (Å²) in [5.74, 6) is -2.85. The molecule has 1 aromatic heterocycles. The molecule has 18 heavy (non-hydrogen) atoms. The molecule has 0 bridgehead atoms. The lowest BCUT2D eigenvalue weighted by Gasteiger charge is -2.03. The Bertz CT molecular complexity index is 588. The Morgan fingerprint density at radius 1 is 1.39 bits per heavy atom. The molecule has 1 heterocycles. The molecule has 0 saturated heterocycles. The van der Waals surface area contributed by atoms with Gasteiger partial charge in [-0.15, -0.1) is 5.10 Å². The summed E-state index contributed by atoms with van der Waals surface area (Å²) in [6.45, 7) is 0. The molecule has 0 fully saturated rings. The van der Waals surface area contributed by atoms with Gasteiger partial charge in [-0.05, 0) is 17.3 Å². The first-order chi connectivity index (χ1) is 8.47. The van der Waals surface area contributed by atoms with E-state index in [1.165, 1.54) is 7.05 Å². The second-order valence-corrected chi connectivity index (χ2v) is 3.41. The zero-order valence-electron chi connectivity index (χ0n) is 9.19. The maximum atomic E-state index is 13.2. The average molecular weight is 254 g/mol. The van der Waals surface area contributed by atoms with Crippen molar-refractivity contribution in [3.05, 3.63) is 29.3 Å². The van der Waals surface area contributed by atoms with Gasteiger partial charge in [0.25, 0.3) is 11.9 Å². The SMILES string of the molecule is Cn1nnc(NC(=O)c2cc(F)c(N)c(F)c2)n1. The summed E-state index contributed by atoms with van der Waals surface area (Å²) in [4.78, 5) is 12.8. The number of nitrogens with zero attached hydrogens (tertiary/aromatic N) is 4. The van der Waals surface area contributed by atoms with Crippen LogP contribution in [0.25, 0.3) is 0 Å². The van der Waals surface area contributed by atoms with Crippen molar-refractivity contribution in [2.24, 2.45) is 7.05 Å². The van der Waals surface area contributed by atoms with Gasteiger partial charge in [-0.3, -0.25) is 10.1 Å². The standard InChI is InChI=1S/C9H8F2N6O/c1-17-15-9(14-16-17)13-8(18)4-2-5(10)7(12)6(11)3-4/h2-3H,12H2,1H3,(H,13,15,18).